The average Bonchev–Trinajstić information content (AvgIpc) is 1.59. The van der Waals surface area contributed by atoms with Crippen LogP contribution in [0.1, 0.15) is 12.8 Å². The topological polar surface area (TPSA) is 61.1 Å². The molecular formula is C5H5Cl2NO2. The molecule has 0 bridgehead atoms. The van der Waals surface area contributed by atoms with Gasteiger partial charge in [-0.1, -0.05) is 23.2 Å². The first-order valence-electron chi connectivity index (χ1n) is 2.44. The number of carbonyl (C=O) groups is 1. The first kappa shape index (κ1) is 9.54. The summed E-state index contributed by atoms with van der Waals surface area (Å²) < 4.78 is -1.44. The number of aliphatic carboxylic acids is 1. The smallest absolute Gasteiger partial charge is 0.306 e. The van der Waals surface area contributed by atoms with E-state index < -0.39 is 16.7 Å². The molecule has 5 heteroatoms. The van der Waals surface area contributed by atoms with E-state index in [0.717, 1.165) is 0 Å². The van der Waals surface area contributed by atoms with Gasteiger partial charge in [-0.3, -0.25) is 4.79 Å². The monoisotopic (exact) mass is 181 g/mol. The summed E-state index contributed by atoms with van der Waals surface area (Å²) in [6.07, 6.45) is -0.591. The number of rotatable bonds is 3. The standard InChI is InChI=1S/C5H5Cl2NO2/c6-5(7,1-2-8)3-4(9)10/h1,3H2,(H,9,10). The van der Waals surface area contributed by atoms with Gasteiger partial charge in [-0.15, -0.1) is 0 Å². The van der Waals surface area contributed by atoms with Crippen molar-refractivity contribution in [1.29, 1.82) is 5.26 Å². The van der Waals surface area contributed by atoms with Crippen LogP contribution in [-0.2, 0) is 4.79 Å². The minimum Gasteiger partial charge on any atom is -0.481 e. The van der Waals surface area contributed by atoms with Crippen molar-refractivity contribution < 1.29 is 9.90 Å². The third kappa shape index (κ3) is 4.42. The molecule has 0 amide bonds. The Labute approximate surface area is 68.2 Å². The molecule has 0 saturated heterocycles. The average molecular weight is 182 g/mol. The lowest BCUT2D eigenvalue weighted by Crippen LogP contribution is -2.17. The molecule has 0 aliphatic carbocycles. The fourth-order valence-electron chi connectivity index (χ4n) is 0.399. The molecule has 0 rings (SSSR count). The molecule has 0 unspecified atom stereocenters. The van der Waals surface area contributed by atoms with Crippen LogP contribution in [0.25, 0.3) is 0 Å². The summed E-state index contributed by atoms with van der Waals surface area (Å²) in [5.74, 6) is -1.11. The predicted molar refractivity (Wildman–Crippen MR) is 36.9 cm³/mol. The lowest BCUT2D eigenvalue weighted by Gasteiger charge is -2.10. The molecule has 0 aromatic heterocycles. The van der Waals surface area contributed by atoms with E-state index in [1.807, 2.05) is 0 Å². The van der Waals surface area contributed by atoms with Gasteiger partial charge in [0.1, 0.15) is 4.33 Å². The predicted octanol–water partition coefficient (Wildman–Crippen LogP) is 1.55. The number of hydrogen-bond acceptors (Lipinski definition) is 2. The summed E-state index contributed by atoms with van der Waals surface area (Å²) in [7, 11) is 0. The first-order chi connectivity index (χ1) is 4.48. The van der Waals surface area contributed by atoms with Gasteiger partial charge in [-0.05, 0) is 0 Å². The van der Waals surface area contributed by atoms with Crippen molar-refractivity contribution in [3.05, 3.63) is 0 Å². The molecule has 1 N–H and O–H groups in total. The molecule has 0 aromatic carbocycles. The number of nitrogens with zero attached hydrogens (tertiary/aromatic N) is 1. The minimum absolute atomic E-state index is 0.178. The molecule has 0 aliphatic rings. The van der Waals surface area contributed by atoms with E-state index in [0.29, 0.717) is 0 Å². The van der Waals surface area contributed by atoms with Crippen LogP contribution in [0.4, 0.5) is 0 Å². The van der Waals surface area contributed by atoms with Crippen molar-refractivity contribution >= 4 is 29.2 Å². The van der Waals surface area contributed by atoms with Gasteiger partial charge in [0, 0.05) is 0 Å². The third-order valence-electron chi connectivity index (χ3n) is 0.748. The van der Waals surface area contributed by atoms with Crippen molar-refractivity contribution in [2.75, 3.05) is 0 Å². The number of carboxylic acid groups (broad SMARTS) is 1. The number of alkyl halides is 2. The summed E-state index contributed by atoms with van der Waals surface area (Å²) >= 11 is 10.8. The second kappa shape index (κ2) is 3.65. The van der Waals surface area contributed by atoms with E-state index in [-0.39, 0.29) is 6.42 Å². The van der Waals surface area contributed by atoms with Crippen molar-refractivity contribution in [1.82, 2.24) is 0 Å². The highest BCUT2D eigenvalue weighted by atomic mass is 35.5. The molecule has 0 aliphatic heterocycles. The van der Waals surface area contributed by atoms with Crippen LogP contribution in [0, 0.1) is 11.3 Å². The molecule has 10 heavy (non-hydrogen) atoms. The summed E-state index contributed by atoms with van der Waals surface area (Å²) in [4.78, 5) is 10.0. The van der Waals surface area contributed by atoms with Gasteiger partial charge in [-0.25, -0.2) is 0 Å². The second-order valence-electron chi connectivity index (χ2n) is 1.76. The zero-order valence-electron chi connectivity index (χ0n) is 4.97. The normalized spacial score (nSPS) is 10.5. The molecular weight excluding hydrogens is 177 g/mol. The summed E-state index contributed by atoms with van der Waals surface area (Å²) in [6.45, 7) is 0. The Bertz CT molecular complexity index is 173. The Morgan fingerprint density at radius 1 is 1.70 bits per heavy atom. The first-order valence-corrected chi connectivity index (χ1v) is 3.20. The van der Waals surface area contributed by atoms with Gasteiger partial charge in [0.25, 0.3) is 0 Å². The molecule has 0 heterocycles. The minimum atomic E-state index is -1.44. The van der Waals surface area contributed by atoms with Gasteiger partial charge in [0.2, 0.25) is 0 Å². The van der Waals surface area contributed by atoms with Crippen LogP contribution in [0.15, 0.2) is 0 Å². The Kier molecular flexibility index (Phi) is 3.48. The van der Waals surface area contributed by atoms with E-state index in [1.165, 1.54) is 0 Å². The van der Waals surface area contributed by atoms with Gasteiger partial charge in [-0.2, -0.15) is 5.26 Å². The molecule has 0 fully saturated rings. The highest BCUT2D eigenvalue weighted by Gasteiger charge is 2.26. The Morgan fingerprint density at radius 3 is 2.50 bits per heavy atom. The van der Waals surface area contributed by atoms with Crippen LogP contribution in [0.5, 0.6) is 0 Å². The zero-order chi connectivity index (χ0) is 8.20. The van der Waals surface area contributed by atoms with Crippen LogP contribution in [0.2, 0.25) is 0 Å². The Morgan fingerprint density at radius 2 is 2.20 bits per heavy atom. The SMILES string of the molecule is N#CCC(Cl)(Cl)CC(=O)O. The summed E-state index contributed by atoms with van der Waals surface area (Å²) in [6, 6.07) is 1.69. The maximum atomic E-state index is 10.0. The maximum Gasteiger partial charge on any atom is 0.306 e. The van der Waals surface area contributed by atoms with Crippen LogP contribution in [0.3, 0.4) is 0 Å². The van der Waals surface area contributed by atoms with Gasteiger partial charge in [0.05, 0.1) is 18.9 Å². The number of nitriles is 1. The van der Waals surface area contributed by atoms with E-state index >= 15 is 0 Å². The maximum absolute atomic E-state index is 10.0. The fraction of sp³-hybridized carbons (Fsp3) is 0.600. The molecule has 0 radical (unpaired) electrons. The van der Waals surface area contributed by atoms with Gasteiger partial charge in [0.15, 0.2) is 0 Å². The van der Waals surface area contributed by atoms with Gasteiger partial charge < -0.3 is 5.11 Å². The van der Waals surface area contributed by atoms with Crippen LogP contribution >= 0.6 is 23.2 Å². The largest absolute Gasteiger partial charge is 0.481 e. The van der Waals surface area contributed by atoms with E-state index in [9.17, 15) is 4.79 Å². The third-order valence-corrected chi connectivity index (χ3v) is 1.28. The Balaban J connectivity index is 3.89. The lowest BCUT2D eigenvalue weighted by molar-refractivity contribution is -0.137. The number of carboxylic acids is 1. The van der Waals surface area contributed by atoms with Crippen LogP contribution in [-0.4, -0.2) is 15.4 Å². The van der Waals surface area contributed by atoms with E-state index in [4.69, 9.17) is 33.6 Å². The van der Waals surface area contributed by atoms with Crippen molar-refractivity contribution in [3.63, 3.8) is 0 Å². The lowest BCUT2D eigenvalue weighted by atomic mass is 10.2. The van der Waals surface area contributed by atoms with Crippen molar-refractivity contribution in [2.24, 2.45) is 0 Å². The molecule has 0 atom stereocenters. The Hall–Kier alpha value is -0.460. The van der Waals surface area contributed by atoms with Gasteiger partial charge >= 0.3 is 5.97 Å². The number of hydrogen-bond donors (Lipinski definition) is 1. The highest BCUT2D eigenvalue weighted by Crippen LogP contribution is 2.28. The summed E-state index contributed by atoms with van der Waals surface area (Å²) in [5.41, 5.74) is 0. The second-order valence-corrected chi connectivity index (χ2v) is 3.40. The molecule has 3 nitrogen and oxygen atoms in total. The molecule has 0 spiro atoms. The molecule has 0 saturated carbocycles. The van der Waals surface area contributed by atoms with E-state index in [1.54, 1.807) is 6.07 Å². The summed E-state index contributed by atoms with van der Waals surface area (Å²) in [5, 5.41) is 16.3. The van der Waals surface area contributed by atoms with Crippen molar-refractivity contribution in [3.8, 4) is 6.07 Å². The molecule has 56 valence electrons. The quantitative estimate of drug-likeness (QED) is 0.673. The van der Waals surface area contributed by atoms with E-state index in [2.05, 4.69) is 0 Å². The zero-order valence-corrected chi connectivity index (χ0v) is 6.48. The highest BCUT2D eigenvalue weighted by molar-refractivity contribution is 6.49. The van der Waals surface area contributed by atoms with Crippen molar-refractivity contribution in [2.45, 2.75) is 17.2 Å². The van der Waals surface area contributed by atoms with Crippen LogP contribution < -0.4 is 0 Å². The molecule has 0 aromatic rings. The fourth-order valence-corrected chi connectivity index (χ4v) is 0.748. The number of halogens is 2.